The van der Waals surface area contributed by atoms with Crippen molar-refractivity contribution in [2.45, 2.75) is 25.9 Å². The smallest absolute Gasteiger partial charge is 0.0768 e. The highest BCUT2D eigenvalue weighted by Crippen LogP contribution is 2.37. The molecule has 3 nitrogen and oxygen atoms in total. The first-order valence-corrected chi connectivity index (χ1v) is 7.42. The van der Waals surface area contributed by atoms with Crippen LogP contribution in [0.1, 0.15) is 13.8 Å². The van der Waals surface area contributed by atoms with Crippen LogP contribution in [0.3, 0.4) is 0 Å². The number of fused-ring (bicyclic) bond motifs is 1. The first kappa shape index (κ1) is 14.6. The van der Waals surface area contributed by atoms with Crippen molar-refractivity contribution in [3.8, 4) is 0 Å². The summed E-state index contributed by atoms with van der Waals surface area (Å²) in [5.74, 6) is 0. The average Bonchev–Trinajstić information content (AvgIpc) is 2.36. The normalized spacial score (nSPS) is 24.5. The van der Waals surface area contributed by atoms with Crippen molar-refractivity contribution in [1.82, 2.24) is 9.80 Å². The first-order chi connectivity index (χ1) is 8.90. The molecule has 0 spiro atoms. The lowest BCUT2D eigenvalue weighted by atomic mass is 10.1. The second-order valence-corrected chi connectivity index (χ2v) is 6.78. The van der Waals surface area contributed by atoms with Crippen molar-refractivity contribution in [1.29, 1.82) is 0 Å². The summed E-state index contributed by atoms with van der Waals surface area (Å²) in [4.78, 5) is 11.9. The molecule has 1 unspecified atom stereocenters. The van der Waals surface area contributed by atoms with Crippen LogP contribution in [-0.2, 0) is 0 Å². The molecule has 2 atom stereocenters. The van der Waals surface area contributed by atoms with Crippen molar-refractivity contribution in [3.63, 3.8) is 0 Å². The van der Waals surface area contributed by atoms with E-state index >= 15 is 0 Å². The number of nitrogens with zero attached hydrogens (tertiary/aromatic N) is 3. The predicted octanol–water partition coefficient (Wildman–Crippen LogP) is 2.74. The van der Waals surface area contributed by atoms with Gasteiger partial charge in [0.25, 0.3) is 0 Å². The minimum absolute atomic E-state index is 0.349. The van der Waals surface area contributed by atoms with Gasteiger partial charge >= 0.3 is 0 Å². The third-order valence-corrected chi connectivity index (χ3v) is 4.74. The SMILES string of the molecule is CC1=C([C@@H](C)N(C)C)N=C2C=CC(N(C)C)C=C2S1. The fraction of sp³-hybridized carbons (Fsp3) is 0.533. The van der Waals surface area contributed by atoms with Gasteiger partial charge in [-0.15, -0.1) is 0 Å². The summed E-state index contributed by atoms with van der Waals surface area (Å²) in [5, 5.41) is 0. The Balaban J connectivity index is 2.29. The van der Waals surface area contributed by atoms with E-state index < -0.39 is 0 Å². The molecule has 0 fully saturated rings. The molecule has 1 aliphatic carbocycles. The lowest BCUT2D eigenvalue weighted by Crippen LogP contribution is -2.30. The molecule has 1 aliphatic heterocycles. The van der Waals surface area contributed by atoms with E-state index in [1.165, 1.54) is 15.5 Å². The van der Waals surface area contributed by atoms with Gasteiger partial charge in [0, 0.05) is 21.9 Å². The van der Waals surface area contributed by atoms with Gasteiger partial charge in [0.2, 0.25) is 0 Å². The number of hydrogen-bond acceptors (Lipinski definition) is 4. The molecule has 2 rings (SSSR count). The van der Waals surface area contributed by atoms with Crippen molar-refractivity contribution in [2.24, 2.45) is 4.99 Å². The van der Waals surface area contributed by atoms with Gasteiger partial charge in [-0.25, -0.2) is 4.99 Å². The molecular weight excluding hydrogens is 254 g/mol. The Kier molecular flexibility index (Phi) is 4.33. The summed E-state index contributed by atoms with van der Waals surface area (Å²) in [5.41, 5.74) is 2.30. The quantitative estimate of drug-likeness (QED) is 0.790. The van der Waals surface area contributed by atoms with Gasteiger partial charge in [-0.2, -0.15) is 0 Å². The largest absolute Gasteiger partial charge is 0.301 e. The van der Waals surface area contributed by atoms with Gasteiger partial charge < -0.3 is 4.90 Å². The van der Waals surface area contributed by atoms with Crippen molar-refractivity contribution in [2.75, 3.05) is 28.2 Å². The number of thioether (sulfide) groups is 1. The van der Waals surface area contributed by atoms with E-state index in [0.717, 1.165) is 5.71 Å². The molecule has 0 aromatic carbocycles. The zero-order chi connectivity index (χ0) is 14.2. The molecule has 0 aromatic rings. The maximum Gasteiger partial charge on any atom is 0.0768 e. The molecule has 0 radical (unpaired) electrons. The van der Waals surface area contributed by atoms with Crippen LogP contribution in [0.15, 0.2) is 38.7 Å². The summed E-state index contributed by atoms with van der Waals surface area (Å²) >= 11 is 1.85. The average molecular weight is 277 g/mol. The van der Waals surface area contributed by atoms with Crippen LogP contribution in [0, 0.1) is 0 Å². The van der Waals surface area contributed by atoms with Crippen molar-refractivity contribution >= 4 is 17.5 Å². The van der Waals surface area contributed by atoms with E-state index in [2.05, 4.69) is 70.1 Å². The van der Waals surface area contributed by atoms with E-state index in [-0.39, 0.29) is 0 Å². The molecule has 0 amide bonds. The van der Waals surface area contributed by atoms with E-state index in [1.807, 2.05) is 11.8 Å². The minimum Gasteiger partial charge on any atom is -0.301 e. The summed E-state index contributed by atoms with van der Waals surface area (Å²) in [6, 6.07) is 0.726. The Bertz CT molecular complexity index is 484. The number of likely N-dealkylation sites (N-methyl/N-ethyl adjacent to an activating group) is 2. The van der Waals surface area contributed by atoms with Crippen LogP contribution in [-0.4, -0.2) is 55.8 Å². The Labute approximate surface area is 120 Å². The van der Waals surface area contributed by atoms with Gasteiger partial charge in [0.1, 0.15) is 0 Å². The molecule has 19 heavy (non-hydrogen) atoms. The van der Waals surface area contributed by atoms with Gasteiger partial charge in [0.05, 0.1) is 11.4 Å². The van der Waals surface area contributed by atoms with Gasteiger partial charge in [-0.3, -0.25) is 4.90 Å². The summed E-state index contributed by atoms with van der Waals surface area (Å²) < 4.78 is 0. The third-order valence-electron chi connectivity index (χ3n) is 3.66. The molecular formula is C15H23N3S. The molecule has 104 valence electrons. The fourth-order valence-electron chi connectivity index (χ4n) is 2.13. The van der Waals surface area contributed by atoms with Crippen LogP contribution < -0.4 is 0 Å². The zero-order valence-corrected chi connectivity index (χ0v) is 13.5. The van der Waals surface area contributed by atoms with Crippen molar-refractivity contribution < 1.29 is 0 Å². The Morgan fingerprint density at radius 3 is 2.53 bits per heavy atom. The van der Waals surface area contributed by atoms with E-state index in [1.54, 1.807) is 0 Å². The summed E-state index contributed by atoms with van der Waals surface area (Å²) in [6.07, 6.45) is 6.66. The van der Waals surface area contributed by atoms with Crippen LogP contribution in [0.4, 0.5) is 0 Å². The third kappa shape index (κ3) is 3.02. The Morgan fingerprint density at radius 2 is 1.95 bits per heavy atom. The molecule has 2 aliphatic rings. The highest BCUT2D eigenvalue weighted by molar-refractivity contribution is 8.07. The maximum atomic E-state index is 4.86. The number of aliphatic imine (C=N–C) groups is 1. The summed E-state index contributed by atoms with van der Waals surface area (Å²) in [6.45, 7) is 4.37. The maximum absolute atomic E-state index is 4.86. The van der Waals surface area contributed by atoms with Crippen molar-refractivity contribution in [3.05, 3.63) is 33.7 Å². The monoisotopic (exact) mass is 277 g/mol. The molecule has 0 saturated heterocycles. The number of hydrogen-bond donors (Lipinski definition) is 0. The standard InChI is InChI=1S/C15H23N3S/c1-10(17(3)4)15-11(2)19-14-9-12(18(5)6)7-8-13(14)16-15/h7-10,12H,1-6H3/t10-,12?/m1/s1. The second kappa shape index (κ2) is 5.65. The zero-order valence-electron chi connectivity index (χ0n) is 12.6. The van der Waals surface area contributed by atoms with Gasteiger partial charge in [-0.05, 0) is 54.2 Å². The number of rotatable bonds is 3. The van der Waals surface area contributed by atoms with E-state index in [9.17, 15) is 0 Å². The molecule has 0 aromatic heterocycles. The van der Waals surface area contributed by atoms with Gasteiger partial charge in [-0.1, -0.05) is 17.8 Å². The fourth-order valence-corrected chi connectivity index (χ4v) is 3.20. The molecule has 4 heteroatoms. The van der Waals surface area contributed by atoms with Crippen LogP contribution in [0.5, 0.6) is 0 Å². The van der Waals surface area contributed by atoms with Crippen LogP contribution in [0.2, 0.25) is 0 Å². The molecule has 0 bridgehead atoms. The molecule has 1 heterocycles. The lowest BCUT2D eigenvalue weighted by Gasteiger charge is -2.29. The number of allylic oxidation sites excluding steroid dienone is 3. The molecule has 0 N–H and O–H groups in total. The minimum atomic E-state index is 0.349. The highest BCUT2D eigenvalue weighted by Gasteiger charge is 2.24. The second-order valence-electron chi connectivity index (χ2n) is 5.52. The highest BCUT2D eigenvalue weighted by atomic mass is 32.2. The van der Waals surface area contributed by atoms with Crippen LogP contribution in [0.25, 0.3) is 0 Å². The predicted molar refractivity (Wildman–Crippen MR) is 85.6 cm³/mol. The Morgan fingerprint density at radius 1 is 1.26 bits per heavy atom. The molecule has 0 saturated carbocycles. The lowest BCUT2D eigenvalue weighted by molar-refractivity contribution is 0.348. The van der Waals surface area contributed by atoms with Crippen LogP contribution >= 0.6 is 11.8 Å². The summed E-state index contributed by atoms with van der Waals surface area (Å²) in [7, 11) is 8.40. The van der Waals surface area contributed by atoms with E-state index in [0.29, 0.717) is 12.1 Å². The topological polar surface area (TPSA) is 18.8 Å². The van der Waals surface area contributed by atoms with Gasteiger partial charge in [0.15, 0.2) is 0 Å². The first-order valence-electron chi connectivity index (χ1n) is 6.60. The van der Waals surface area contributed by atoms with E-state index in [4.69, 9.17) is 4.99 Å². The Hall–Kier alpha value is -0.840.